The molecular formula is C28H18N4. The first kappa shape index (κ1) is 18.3. The van der Waals surface area contributed by atoms with E-state index < -0.39 is 0 Å². The second kappa shape index (κ2) is 7.67. The van der Waals surface area contributed by atoms with E-state index in [0.717, 1.165) is 22.3 Å². The first-order valence-corrected chi connectivity index (χ1v) is 10.5. The molecule has 150 valence electrons. The minimum absolute atomic E-state index is 0.650. The molecule has 0 aliphatic rings. The Hall–Kier alpha value is -4.44. The van der Waals surface area contributed by atoms with Crippen LogP contribution in [0.4, 0.5) is 0 Å². The van der Waals surface area contributed by atoms with Crippen LogP contribution < -0.4 is 0 Å². The molecule has 0 N–H and O–H groups in total. The van der Waals surface area contributed by atoms with Crippen molar-refractivity contribution in [2.45, 2.75) is 0 Å². The van der Waals surface area contributed by atoms with Crippen molar-refractivity contribution in [2.75, 3.05) is 0 Å². The van der Waals surface area contributed by atoms with Gasteiger partial charge >= 0.3 is 0 Å². The van der Waals surface area contributed by atoms with Gasteiger partial charge in [0, 0.05) is 23.5 Å². The summed E-state index contributed by atoms with van der Waals surface area (Å²) >= 11 is 0. The fourth-order valence-corrected chi connectivity index (χ4v) is 4.29. The average molecular weight is 410 g/mol. The van der Waals surface area contributed by atoms with Gasteiger partial charge in [-0.3, -0.25) is 4.98 Å². The fraction of sp³-hybridized carbons (Fsp3) is 0. The molecule has 4 aromatic carbocycles. The molecule has 32 heavy (non-hydrogen) atoms. The third kappa shape index (κ3) is 3.19. The molecule has 6 aromatic rings. The summed E-state index contributed by atoms with van der Waals surface area (Å²) in [5, 5.41) is 4.94. The molecule has 0 amide bonds. The van der Waals surface area contributed by atoms with E-state index in [0.29, 0.717) is 5.82 Å². The topological polar surface area (TPSA) is 51.6 Å². The Morgan fingerprint density at radius 2 is 1.22 bits per heavy atom. The minimum Gasteiger partial charge on any atom is -0.264 e. The van der Waals surface area contributed by atoms with Crippen LogP contribution in [0.2, 0.25) is 0 Å². The predicted molar refractivity (Wildman–Crippen MR) is 129 cm³/mol. The van der Waals surface area contributed by atoms with Crippen molar-refractivity contribution in [3.05, 3.63) is 110 Å². The van der Waals surface area contributed by atoms with Crippen LogP contribution >= 0.6 is 0 Å². The normalized spacial score (nSPS) is 11.1. The fourth-order valence-electron chi connectivity index (χ4n) is 4.29. The van der Waals surface area contributed by atoms with Crippen LogP contribution in [0.25, 0.3) is 55.2 Å². The highest BCUT2D eigenvalue weighted by Gasteiger charge is 2.13. The standard InChI is InChI=1S/C28H18N4/c1-2-8-24-19(6-1)15-27(26-10-4-3-9-25(24)26)22-12-21(20-7-5-11-29-16-20)13-23(14-22)28-31-17-30-18-32-28/h1-18H. The summed E-state index contributed by atoms with van der Waals surface area (Å²) < 4.78 is 0. The Morgan fingerprint density at radius 3 is 2.03 bits per heavy atom. The van der Waals surface area contributed by atoms with E-state index >= 15 is 0 Å². The smallest absolute Gasteiger partial charge is 0.162 e. The van der Waals surface area contributed by atoms with Crippen LogP contribution in [-0.2, 0) is 0 Å². The third-order valence-electron chi connectivity index (χ3n) is 5.76. The number of rotatable bonds is 3. The minimum atomic E-state index is 0.650. The number of hydrogen-bond donors (Lipinski definition) is 0. The number of benzene rings is 4. The first-order valence-electron chi connectivity index (χ1n) is 10.5. The first-order chi connectivity index (χ1) is 15.9. The second-order valence-electron chi connectivity index (χ2n) is 7.69. The summed E-state index contributed by atoms with van der Waals surface area (Å²) in [7, 11) is 0. The zero-order valence-electron chi connectivity index (χ0n) is 17.2. The van der Waals surface area contributed by atoms with Gasteiger partial charge in [-0.15, -0.1) is 0 Å². The number of pyridine rings is 1. The quantitative estimate of drug-likeness (QED) is 0.310. The molecule has 0 aliphatic heterocycles. The van der Waals surface area contributed by atoms with Crippen molar-refractivity contribution in [3.63, 3.8) is 0 Å². The molecule has 0 saturated carbocycles. The number of hydrogen-bond acceptors (Lipinski definition) is 4. The molecule has 0 atom stereocenters. The van der Waals surface area contributed by atoms with E-state index in [2.05, 4.69) is 98.8 Å². The Bertz CT molecular complexity index is 1500. The molecule has 4 nitrogen and oxygen atoms in total. The number of aromatic nitrogens is 4. The van der Waals surface area contributed by atoms with Crippen molar-refractivity contribution >= 4 is 21.5 Å². The van der Waals surface area contributed by atoms with Crippen molar-refractivity contribution in [1.82, 2.24) is 19.9 Å². The van der Waals surface area contributed by atoms with Gasteiger partial charge < -0.3 is 0 Å². The summed E-state index contributed by atoms with van der Waals surface area (Å²) in [5.74, 6) is 0.650. The lowest BCUT2D eigenvalue weighted by Gasteiger charge is -2.14. The van der Waals surface area contributed by atoms with Gasteiger partial charge in [-0.1, -0.05) is 54.6 Å². The second-order valence-corrected chi connectivity index (χ2v) is 7.69. The van der Waals surface area contributed by atoms with Crippen LogP contribution in [-0.4, -0.2) is 19.9 Å². The van der Waals surface area contributed by atoms with Crippen LogP contribution in [0.3, 0.4) is 0 Å². The van der Waals surface area contributed by atoms with Gasteiger partial charge in [-0.2, -0.15) is 0 Å². The summed E-state index contributed by atoms with van der Waals surface area (Å²) in [6, 6.07) is 29.9. The highest BCUT2D eigenvalue weighted by Crippen LogP contribution is 2.38. The molecular weight excluding hydrogens is 392 g/mol. The van der Waals surface area contributed by atoms with Crippen molar-refractivity contribution in [3.8, 4) is 33.6 Å². The Labute approximate surface area is 185 Å². The van der Waals surface area contributed by atoms with Gasteiger partial charge in [0.05, 0.1) is 0 Å². The van der Waals surface area contributed by atoms with Gasteiger partial charge in [0.25, 0.3) is 0 Å². The van der Waals surface area contributed by atoms with Gasteiger partial charge in [0.15, 0.2) is 5.82 Å². The largest absolute Gasteiger partial charge is 0.264 e. The molecule has 0 aliphatic carbocycles. The van der Waals surface area contributed by atoms with Gasteiger partial charge in [-0.05, 0) is 68.6 Å². The maximum absolute atomic E-state index is 4.39. The number of fused-ring (bicyclic) bond motifs is 3. The molecule has 2 aromatic heterocycles. The zero-order chi connectivity index (χ0) is 21.3. The molecule has 0 radical (unpaired) electrons. The van der Waals surface area contributed by atoms with E-state index in [1.165, 1.54) is 39.8 Å². The van der Waals surface area contributed by atoms with E-state index in [1.807, 2.05) is 12.3 Å². The lowest BCUT2D eigenvalue weighted by atomic mass is 9.90. The summed E-state index contributed by atoms with van der Waals surface area (Å²) in [4.78, 5) is 17.1. The molecule has 0 unspecified atom stereocenters. The van der Waals surface area contributed by atoms with Crippen molar-refractivity contribution in [1.29, 1.82) is 0 Å². The molecule has 0 spiro atoms. The van der Waals surface area contributed by atoms with E-state index in [4.69, 9.17) is 0 Å². The Kier molecular flexibility index (Phi) is 4.40. The van der Waals surface area contributed by atoms with E-state index in [1.54, 1.807) is 6.20 Å². The monoisotopic (exact) mass is 410 g/mol. The molecule has 0 fully saturated rings. The molecule has 0 bridgehead atoms. The van der Waals surface area contributed by atoms with Crippen LogP contribution in [0.1, 0.15) is 0 Å². The maximum Gasteiger partial charge on any atom is 0.162 e. The summed E-state index contributed by atoms with van der Waals surface area (Å²) in [6.07, 6.45) is 6.74. The molecule has 6 rings (SSSR count). The molecule has 0 saturated heterocycles. The van der Waals surface area contributed by atoms with Crippen molar-refractivity contribution < 1.29 is 0 Å². The van der Waals surface area contributed by atoms with Gasteiger partial charge in [0.1, 0.15) is 12.7 Å². The molecule has 4 heteroatoms. The molecule has 2 heterocycles. The highest BCUT2D eigenvalue weighted by molar-refractivity contribution is 6.14. The maximum atomic E-state index is 4.39. The summed E-state index contributed by atoms with van der Waals surface area (Å²) in [5.41, 5.74) is 5.36. The third-order valence-corrected chi connectivity index (χ3v) is 5.76. The lowest BCUT2D eigenvalue weighted by Crippen LogP contribution is -1.92. The number of nitrogens with zero attached hydrogens (tertiary/aromatic N) is 4. The van der Waals surface area contributed by atoms with Crippen LogP contribution in [0, 0.1) is 0 Å². The Morgan fingerprint density at radius 1 is 0.500 bits per heavy atom. The van der Waals surface area contributed by atoms with Gasteiger partial charge in [-0.25, -0.2) is 15.0 Å². The van der Waals surface area contributed by atoms with E-state index in [-0.39, 0.29) is 0 Å². The van der Waals surface area contributed by atoms with Gasteiger partial charge in [0.2, 0.25) is 0 Å². The summed E-state index contributed by atoms with van der Waals surface area (Å²) in [6.45, 7) is 0. The SMILES string of the molecule is c1cncc(-c2cc(-c3ncncn3)cc(-c3cc4ccccc4c4ccccc34)c2)c1. The average Bonchev–Trinajstić information content (AvgIpc) is 2.89. The van der Waals surface area contributed by atoms with Crippen molar-refractivity contribution in [2.24, 2.45) is 0 Å². The van der Waals surface area contributed by atoms with E-state index in [9.17, 15) is 0 Å². The predicted octanol–water partition coefficient (Wildman–Crippen LogP) is 6.57. The zero-order valence-corrected chi connectivity index (χ0v) is 17.2. The Balaban J connectivity index is 1.67. The highest BCUT2D eigenvalue weighted by atomic mass is 15.0. The van der Waals surface area contributed by atoms with Crippen LogP contribution in [0.5, 0.6) is 0 Å². The van der Waals surface area contributed by atoms with Crippen LogP contribution in [0.15, 0.2) is 110 Å². The lowest BCUT2D eigenvalue weighted by molar-refractivity contribution is 1.06.